The zero-order chi connectivity index (χ0) is 13.4. The quantitative estimate of drug-likeness (QED) is 0.598. The summed E-state index contributed by atoms with van der Waals surface area (Å²) in [5.74, 6) is 5.06. The third kappa shape index (κ3) is 1.67. The highest BCUT2D eigenvalue weighted by Crippen LogP contribution is 2.33. The fraction of sp³-hybridized carbons (Fsp3) is 0.0714. The molecule has 2 aromatic rings. The molecule has 0 aliphatic carbocycles. The molecule has 0 radical (unpaired) electrons. The number of fused-ring (bicyclic) bond motifs is 1. The van der Waals surface area contributed by atoms with Gasteiger partial charge in [-0.1, -0.05) is 6.07 Å². The molecule has 0 unspecified atom stereocenters. The van der Waals surface area contributed by atoms with E-state index >= 15 is 0 Å². The first-order valence-electron chi connectivity index (χ1n) is 5.86. The second-order valence-electron chi connectivity index (χ2n) is 4.33. The van der Waals surface area contributed by atoms with Gasteiger partial charge in [0.05, 0.1) is 5.69 Å². The van der Waals surface area contributed by atoms with Crippen molar-refractivity contribution in [1.82, 2.24) is 4.98 Å². The Morgan fingerprint density at radius 2 is 1.95 bits per heavy atom. The van der Waals surface area contributed by atoms with Crippen molar-refractivity contribution in [2.75, 3.05) is 5.32 Å². The molecule has 5 nitrogen and oxygen atoms in total. The Balaban J connectivity index is 2.23. The number of carbonyl (C=O) groups is 1. The number of nitrogens with one attached hydrogen (secondary N) is 1. The SMILES string of the molecule is Cc1c(-c2ccncc2)ccc2c1/C(=N/N)C(=O)N2. The molecular weight excluding hydrogens is 240 g/mol. The molecule has 1 aliphatic rings. The summed E-state index contributed by atoms with van der Waals surface area (Å²) in [6.07, 6.45) is 3.48. The monoisotopic (exact) mass is 252 g/mol. The van der Waals surface area contributed by atoms with Crippen molar-refractivity contribution < 1.29 is 4.79 Å². The van der Waals surface area contributed by atoms with E-state index in [9.17, 15) is 4.79 Å². The van der Waals surface area contributed by atoms with Gasteiger partial charge in [0.15, 0.2) is 5.71 Å². The van der Waals surface area contributed by atoms with Crippen LogP contribution in [0, 0.1) is 6.92 Å². The van der Waals surface area contributed by atoms with Crippen molar-refractivity contribution in [2.45, 2.75) is 6.92 Å². The lowest BCUT2D eigenvalue weighted by molar-refractivity contribution is -0.110. The Kier molecular flexibility index (Phi) is 2.52. The molecule has 2 heterocycles. The van der Waals surface area contributed by atoms with Crippen LogP contribution in [-0.4, -0.2) is 16.6 Å². The number of hydrazone groups is 1. The van der Waals surface area contributed by atoms with Crippen LogP contribution in [0.1, 0.15) is 11.1 Å². The molecule has 1 aromatic carbocycles. The van der Waals surface area contributed by atoms with Gasteiger partial charge in [0, 0.05) is 18.0 Å². The first-order valence-corrected chi connectivity index (χ1v) is 5.86. The minimum atomic E-state index is -0.257. The second kappa shape index (κ2) is 4.20. The van der Waals surface area contributed by atoms with Gasteiger partial charge in [0.25, 0.3) is 5.91 Å². The van der Waals surface area contributed by atoms with Crippen molar-refractivity contribution in [2.24, 2.45) is 10.9 Å². The zero-order valence-electron chi connectivity index (χ0n) is 10.3. The molecule has 0 saturated carbocycles. The lowest BCUT2D eigenvalue weighted by atomic mass is 9.95. The minimum Gasteiger partial charge on any atom is -0.322 e. The Labute approximate surface area is 110 Å². The molecule has 19 heavy (non-hydrogen) atoms. The fourth-order valence-electron chi connectivity index (χ4n) is 2.38. The van der Waals surface area contributed by atoms with Crippen molar-refractivity contribution in [1.29, 1.82) is 0 Å². The summed E-state index contributed by atoms with van der Waals surface area (Å²) in [6, 6.07) is 7.70. The van der Waals surface area contributed by atoms with Crippen molar-refractivity contribution in [3.63, 3.8) is 0 Å². The summed E-state index contributed by atoms with van der Waals surface area (Å²) in [4.78, 5) is 15.7. The molecule has 1 aromatic heterocycles. The van der Waals surface area contributed by atoms with Crippen LogP contribution in [0.2, 0.25) is 0 Å². The van der Waals surface area contributed by atoms with Gasteiger partial charge in [-0.2, -0.15) is 5.10 Å². The van der Waals surface area contributed by atoms with Crippen molar-refractivity contribution in [3.05, 3.63) is 47.8 Å². The maximum absolute atomic E-state index is 11.7. The third-order valence-corrected chi connectivity index (χ3v) is 3.29. The molecule has 0 atom stereocenters. The van der Waals surface area contributed by atoms with Gasteiger partial charge in [-0.3, -0.25) is 9.78 Å². The molecule has 5 heteroatoms. The smallest absolute Gasteiger partial charge is 0.276 e. The van der Waals surface area contributed by atoms with Gasteiger partial charge < -0.3 is 11.2 Å². The summed E-state index contributed by atoms with van der Waals surface area (Å²) in [7, 11) is 0. The van der Waals surface area contributed by atoms with Gasteiger partial charge in [0.2, 0.25) is 0 Å². The second-order valence-corrected chi connectivity index (χ2v) is 4.33. The van der Waals surface area contributed by atoms with E-state index in [1.807, 2.05) is 31.2 Å². The molecule has 0 fully saturated rings. The Morgan fingerprint density at radius 3 is 2.63 bits per heavy atom. The number of hydrogen-bond acceptors (Lipinski definition) is 4. The summed E-state index contributed by atoms with van der Waals surface area (Å²) in [5, 5.41) is 6.35. The molecule has 0 saturated heterocycles. The molecule has 1 amide bonds. The molecule has 0 spiro atoms. The largest absolute Gasteiger partial charge is 0.322 e. The van der Waals surface area contributed by atoms with Gasteiger partial charge in [-0.25, -0.2) is 0 Å². The predicted molar refractivity (Wildman–Crippen MR) is 73.8 cm³/mol. The Morgan fingerprint density at radius 1 is 1.21 bits per heavy atom. The molecular formula is C14H12N4O. The predicted octanol–water partition coefficient (Wildman–Crippen LogP) is 1.67. The topological polar surface area (TPSA) is 80.4 Å². The Hall–Kier alpha value is -2.69. The first kappa shape index (κ1) is 11.4. The zero-order valence-corrected chi connectivity index (χ0v) is 10.3. The van der Waals surface area contributed by atoms with Gasteiger partial charge >= 0.3 is 0 Å². The average molecular weight is 252 g/mol. The van der Waals surface area contributed by atoms with E-state index in [-0.39, 0.29) is 11.6 Å². The van der Waals surface area contributed by atoms with Crippen LogP contribution in [0.15, 0.2) is 41.8 Å². The number of aromatic nitrogens is 1. The molecule has 94 valence electrons. The van der Waals surface area contributed by atoms with Crippen molar-refractivity contribution >= 4 is 17.3 Å². The molecule has 3 rings (SSSR count). The summed E-state index contributed by atoms with van der Waals surface area (Å²) in [6.45, 7) is 1.96. The third-order valence-electron chi connectivity index (χ3n) is 3.29. The number of anilines is 1. The van der Waals surface area contributed by atoms with Crippen LogP contribution in [-0.2, 0) is 4.79 Å². The normalized spacial score (nSPS) is 15.4. The van der Waals surface area contributed by atoms with Gasteiger partial charge in [-0.15, -0.1) is 0 Å². The summed E-state index contributed by atoms with van der Waals surface area (Å²) in [5.41, 5.74) is 4.88. The number of nitrogens with zero attached hydrogens (tertiary/aromatic N) is 2. The number of hydrogen-bond donors (Lipinski definition) is 2. The van der Waals surface area contributed by atoms with E-state index in [0.717, 1.165) is 27.9 Å². The van der Waals surface area contributed by atoms with Gasteiger partial charge in [0.1, 0.15) is 0 Å². The maximum atomic E-state index is 11.7. The van der Waals surface area contributed by atoms with Crippen LogP contribution in [0.4, 0.5) is 5.69 Å². The highest BCUT2D eigenvalue weighted by Gasteiger charge is 2.28. The van der Waals surface area contributed by atoms with E-state index in [1.54, 1.807) is 12.4 Å². The number of benzene rings is 1. The van der Waals surface area contributed by atoms with E-state index < -0.39 is 0 Å². The number of nitrogens with two attached hydrogens (primary N) is 1. The number of carbonyl (C=O) groups excluding carboxylic acids is 1. The van der Waals surface area contributed by atoms with Crippen molar-refractivity contribution in [3.8, 4) is 11.1 Å². The Bertz CT molecular complexity index is 692. The standard InChI is InChI=1S/C14H12N4O/c1-8-10(9-4-6-16-7-5-9)2-3-11-12(8)13(18-15)14(19)17-11/h2-7H,15H2,1H3,(H,17,18,19). The highest BCUT2D eigenvalue weighted by molar-refractivity contribution is 6.54. The number of pyridine rings is 1. The molecule has 0 bridgehead atoms. The highest BCUT2D eigenvalue weighted by atomic mass is 16.2. The summed E-state index contributed by atoms with van der Waals surface area (Å²) >= 11 is 0. The van der Waals surface area contributed by atoms with E-state index in [4.69, 9.17) is 5.84 Å². The van der Waals surface area contributed by atoms with Crippen LogP contribution in [0.3, 0.4) is 0 Å². The maximum Gasteiger partial charge on any atom is 0.276 e. The lowest BCUT2D eigenvalue weighted by Gasteiger charge is -2.10. The molecule has 1 aliphatic heterocycles. The average Bonchev–Trinajstić information content (AvgIpc) is 2.76. The van der Waals surface area contributed by atoms with E-state index in [2.05, 4.69) is 15.4 Å². The van der Waals surface area contributed by atoms with E-state index in [1.165, 1.54) is 0 Å². The lowest BCUT2D eigenvalue weighted by Crippen LogP contribution is -2.16. The van der Waals surface area contributed by atoms with E-state index in [0.29, 0.717) is 0 Å². The van der Waals surface area contributed by atoms with Crippen LogP contribution >= 0.6 is 0 Å². The van der Waals surface area contributed by atoms with Crippen LogP contribution in [0.5, 0.6) is 0 Å². The fourth-order valence-corrected chi connectivity index (χ4v) is 2.38. The van der Waals surface area contributed by atoms with Gasteiger partial charge in [-0.05, 0) is 41.8 Å². The molecule has 3 N–H and O–H groups in total. The number of rotatable bonds is 1. The minimum absolute atomic E-state index is 0.257. The van der Waals surface area contributed by atoms with Crippen LogP contribution < -0.4 is 11.2 Å². The summed E-state index contributed by atoms with van der Waals surface area (Å²) < 4.78 is 0. The number of amides is 1. The first-order chi connectivity index (χ1) is 9.22. The van der Waals surface area contributed by atoms with Crippen LogP contribution in [0.25, 0.3) is 11.1 Å².